The Kier molecular flexibility index (Phi) is 10.7. The van der Waals surface area contributed by atoms with Crippen LogP contribution in [0.1, 0.15) is 76.1 Å². The number of ether oxygens (including phenoxy) is 1. The van der Waals surface area contributed by atoms with E-state index < -0.39 is 0 Å². The first kappa shape index (κ1) is 29.6. The fourth-order valence-electron chi connectivity index (χ4n) is 4.43. The molecule has 0 fully saturated rings. The summed E-state index contributed by atoms with van der Waals surface area (Å²) in [6, 6.07) is 32.7. The highest BCUT2D eigenvalue weighted by molar-refractivity contribution is 5.97. The predicted octanol–water partition coefficient (Wildman–Crippen LogP) is 7.30. The zero-order chi connectivity index (χ0) is 29.0. The van der Waals surface area contributed by atoms with Crippen molar-refractivity contribution in [1.29, 1.82) is 0 Å². The molecule has 0 bridgehead atoms. The van der Waals surface area contributed by atoms with E-state index in [0.29, 0.717) is 36.6 Å². The second-order valence-corrected chi connectivity index (χ2v) is 10.3. The van der Waals surface area contributed by atoms with Crippen molar-refractivity contribution in [2.24, 2.45) is 0 Å². The maximum absolute atomic E-state index is 13.9. The molecule has 1 N–H and O–H groups in total. The third-order valence-corrected chi connectivity index (χ3v) is 6.75. The van der Waals surface area contributed by atoms with Crippen LogP contribution >= 0.6 is 0 Å². The van der Waals surface area contributed by atoms with Crippen LogP contribution in [-0.4, -0.2) is 23.3 Å². The van der Waals surface area contributed by atoms with Crippen LogP contribution in [-0.2, 0) is 24.6 Å². The predicted molar refractivity (Wildman–Crippen MR) is 161 cm³/mol. The van der Waals surface area contributed by atoms with Crippen LogP contribution in [0.4, 0.5) is 0 Å². The summed E-state index contributed by atoms with van der Waals surface area (Å²) in [5.41, 5.74) is 7.56. The van der Waals surface area contributed by atoms with E-state index in [2.05, 4.69) is 26.3 Å². The van der Waals surface area contributed by atoms with E-state index in [-0.39, 0.29) is 24.3 Å². The van der Waals surface area contributed by atoms with Gasteiger partial charge in [-0.15, -0.1) is 0 Å². The number of benzene rings is 4. The van der Waals surface area contributed by atoms with Gasteiger partial charge in [-0.05, 0) is 58.9 Å². The maximum atomic E-state index is 13.9. The molecule has 0 spiro atoms. The Labute approximate surface area is 242 Å². The number of hydrogen-bond acceptors (Lipinski definition) is 4. The van der Waals surface area contributed by atoms with Crippen molar-refractivity contribution >= 4 is 11.8 Å². The third kappa shape index (κ3) is 8.53. The Morgan fingerprint density at radius 3 is 2.02 bits per heavy atom. The van der Waals surface area contributed by atoms with Crippen molar-refractivity contribution in [1.82, 2.24) is 10.4 Å². The Morgan fingerprint density at radius 1 is 0.780 bits per heavy atom. The van der Waals surface area contributed by atoms with Crippen molar-refractivity contribution in [3.05, 3.63) is 137 Å². The molecule has 4 aromatic carbocycles. The SMILES string of the molecule is CCCN(Cc1ccc(C(=O)NOCc2ccccc2)cc1)C(=O)c1cc(C(C)C)ccc1OCc1ccccc1. The zero-order valence-electron chi connectivity index (χ0n) is 24.0. The molecule has 0 aliphatic heterocycles. The van der Waals surface area contributed by atoms with Crippen molar-refractivity contribution in [2.45, 2.75) is 52.9 Å². The summed E-state index contributed by atoms with van der Waals surface area (Å²) in [6.07, 6.45) is 0.815. The smallest absolute Gasteiger partial charge is 0.274 e. The van der Waals surface area contributed by atoms with Gasteiger partial charge in [-0.3, -0.25) is 14.4 Å². The molecule has 4 aromatic rings. The van der Waals surface area contributed by atoms with Gasteiger partial charge in [-0.2, -0.15) is 0 Å². The summed E-state index contributed by atoms with van der Waals surface area (Å²) in [5, 5.41) is 0. The molecule has 0 aliphatic carbocycles. The van der Waals surface area contributed by atoms with E-state index in [9.17, 15) is 9.59 Å². The summed E-state index contributed by atoms with van der Waals surface area (Å²) in [5.74, 6) is 0.458. The first-order chi connectivity index (χ1) is 19.9. The zero-order valence-corrected chi connectivity index (χ0v) is 24.0. The van der Waals surface area contributed by atoms with Gasteiger partial charge in [0.05, 0.1) is 12.2 Å². The highest BCUT2D eigenvalue weighted by Gasteiger charge is 2.21. The summed E-state index contributed by atoms with van der Waals surface area (Å²) < 4.78 is 6.16. The molecular weight excluding hydrogens is 512 g/mol. The van der Waals surface area contributed by atoms with Crippen LogP contribution in [0.15, 0.2) is 103 Å². The molecule has 212 valence electrons. The molecule has 0 radical (unpaired) electrons. The van der Waals surface area contributed by atoms with E-state index in [0.717, 1.165) is 28.7 Å². The fraction of sp³-hybridized carbons (Fsp3) is 0.257. The molecule has 0 saturated carbocycles. The van der Waals surface area contributed by atoms with E-state index in [4.69, 9.17) is 9.57 Å². The number of rotatable bonds is 13. The molecule has 0 saturated heterocycles. The van der Waals surface area contributed by atoms with Crippen LogP contribution < -0.4 is 10.2 Å². The topological polar surface area (TPSA) is 67.9 Å². The lowest BCUT2D eigenvalue weighted by Crippen LogP contribution is -2.32. The second kappa shape index (κ2) is 14.8. The average molecular weight is 551 g/mol. The second-order valence-electron chi connectivity index (χ2n) is 10.3. The fourth-order valence-corrected chi connectivity index (χ4v) is 4.43. The largest absolute Gasteiger partial charge is 0.488 e. The van der Waals surface area contributed by atoms with Crippen molar-refractivity contribution in [2.75, 3.05) is 6.54 Å². The molecule has 4 rings (SSSR count). The lowest BCUT2D eigenvalue weighted by Gasteiger charge is -2.24. The minimum absolute atomic E-state index is 0.0754. The normalized spacial score (nSPS) is 10.8. The number of hydrogen-bond donors (Lipinski definition) is 1. The molecule has 0 atom stereocenters. The van der Waals surface area contributed by atoms with Gasteiger partial charge in [0.2, 0.25) is 0 Å². The molecule has 0 unspecified atom stereocenters. The van der Waals surface area contributed by atoms with Crippen LogP contribution in [0.3, 0.4) is 0 Å². The number of carbonyl (C=O) groups is 2. The van der Waals surface area contributed by atoms with E-state index >= 15 is 0 Å². The third-order valence-electron chi connectivity index (χ3n) is 6.75. The Balaban J connectivity index is 1.44. The van der Waals surface area contributed by atoms with Crippen LogP contribution in [0, 0.1) is 0 Å². The summed E-state index contributed by atoms with van der Waals surface area (Å²) in [7, 11) is 0. The lowest BCUT2D eigenvalue weighted by atomic mass is 9.99. The standard InChI is InChI=1S/C35H38N2O4/c1-4-21-37(23-27-15-17-30(18-16-27)34(38)36-41-25-29-13-9-6-10-14-29)35(39)32-22-31(26(2)3)19-20-33(32)40-24-28-11-7-5-8-12-28/h5-20,22,26H,4,21,23-25H2,1-3H3,(H,36,38). The summed E-state index contributed by atoms with van der Waals surface area (Å²) in [6.45, 7) is 7.97. The van der Waals surface area contributed by atoms with Gasteiger partial charge < -0.3 is 9.64 Å². The van der Waals surface area contributed by atoms with E-state index in [1.165, 1.54) is 0 Å². The van der Waals surface area contributed by atoms with Gasteiger partial charge in [0, 0.05) is 18.7 Å². The van der Waals surface area contributed by atoms with Crippen LogP contribution in [0.25, 0.3) is 0 Å². The van der Waals surface area contributed by atoms with Gasteiger partial charge in [0.1, 0.15) is 12.4 Å². The number of hydroxylamine groups is 1. The molecule has 6 heteroatoms. The van der Waals surface area contributed by atoms with Gasteiger partial charge in [0.15, 0.2) is 0 Å². The summed E-state index contributed by atoms with van der Waals surface area (Å²) in [4.78, 5) is 33.7. The number of carbonyl (C=O) groups excluding carboxylic acids is 2. The molecule has 2 amide bonds. The molecule has 41 heavy (non-hydrogen) atoms. The molecule has 6 nitrogen and oxygen atoms in total. The van der Waals surface area contributed by atoms with Crippen molar-refractivity contribution < 1.29 is 19.2 Å². The number of nitrogens with one attached hydrogen (secondary N) is 1. The lowest BCUT2D eigenvalue weighted by molar-refractivity contribution is 0.0233. The Morgan fingerprint density at radius 2 is 1.41 bits per heavy atom. The van der Waals surface area contributed by atoms with E-state index in [1.54, 1.807) is 12.1 Å². The molecular formula is C35H38N2O4. The minimum Gasteiger partial charge on any atom is -0.488 e. The van der Waals surface area contributed by atoms with Gasteiger partial charge in [-0.25, -0.2) is 5.48 Å². The minimum atomic E-state index is -0.320. The quantitative estimate of drug-likeness (QED) is 0.177. The number of amides is 2. The Bertz CT molecular complexity index is 1400. The van der Waals surface area contributed by atoms with E-state index in [1.807, 2.05) is 95.9 Å². The maximum Gasteiger partial charge on any atom is 0.274 e. The first-order valence-electron chi connectivity index (χ1n) is 14.1. The van der Waals surface area contributed by atoms with Crippen LogP contribution in [0.2, 0.25) is 0 Å². The molecule has 0 aromatic heterocycles. The summed E-state index contributed by atoms with van der Waals surface area (Å²) >= 11 is 0. The highest BCUT2D eigenvalue weighted by Crippen LogP contribution is 2.27. The molecule has 0 heterocycles. The number of nitrogens with zero attached hydrogens (tertiary/aromatic N) is 1. The monoisotopic (exact) mass is 550 g/mol. The first-order valence-corrected chi connectivity index (χ1v) is 14.1. The van der Waals surface area contributed by atoms with Gasteiger partial charge in [-0.1, -0.05) is 99.6 Å². The van der Waals surface area contributed by atoms with Gasteiger partial charge in [0.25, 0.3) is 11.8 Å². The molecule has 0 aliphatic rings. The Hall–Kier alpha value is -4.42. The van der Waals surface area contributed by atoms with Crippen molar-refractivity contribution in [3.8, 4) is 5.75 Å². The highest BCUT2D eigenvalue weighted by atomic mass is 16.6. The van der Waals surface area contributed by atoms with Crippen LogP contribution in [0.5, 0.6) is 5.75 Å². The average Bonchev–Trinajstić information content (AvgIpc) is 3.00. The van der Waals surface area contributed by atoms with Crippen molar-refractivity contribution in [3.63, 3.8) is 0 Å². The van der Waals surface area contributed by atoms with Gasteiger partial charge >= 0.3 is 0 Å².